The minimum Gasteiger partial charge on any atom is -0.478 e. The van der Waals surface area contributed by atoms with Crippen LogP contribution in [0.2, 0.25) is 10.0 Å². The van der Waals surface area contributed by atoms with Crippen molar-refractivity contribution in [2.24, 2.45) is 0 Å². The monoisotopic (exact) mass is 283 g/mol. The quantitative estimate of drug-likeness (QED) is 0.848. The topological polar surface area (TPSA) is 67.3 Å². The highest BCUT2D eigenvalue weighted by molar-refractivity contribution is 6.35. The van der Waals surface area contributed by atoms with E-state index in [4.69, 9.17) is 28.3 Å². The lowest BCUT2D eigenvalue weighted by Crippen LogP contribution is -2.21. The zero-order valence-corrected chi connectivity index (χ0v) is 10.4. The van der Waals surface area contributed by atoms with Crippen LogP contribution >= 0.6 is 23.2 Å². The molecule has 2 rings (SSSR count). The molecule has 0 aliphatic heterocycles. The van der Waals surface area contributed by atoms with Crippen molar-refractivity contribution in [3.8, 4) is 0 Å². The molecule has 0 saturated carbocycles. The summed E-state index contributed by atoms with van der Waals surface area (Å²) in [6.45, 7) is 0. The molecule has 1 atom stereocenters. The van der Waals surface area contributed by atoms with Crippen LogP contribution in [0.3, 0.4) is 0 Å². The molecule has 0 bridgehead atoms. The van der Waals surface area contributed by atoms with Gasteiger partial charge in [-0.3, -0.25) is 9.78 Å². The van der Waals surface area contributed by atoms with Crippen molar-refractivity contribution >= 4 is 35.0 Å². The van der Waals surface area contributed by atoms with Crippen LogP contribution in [0, 0.1) is 0 Å². The zero-order chi connectivity index (χ0) is 13.3. The van der Waals surface area contributed by atoms with Gasteiger partial charge in [0.2, 0.25) is 0 Å². The van der Waals surface area contributed by atoms with E-state index in [0.29, 0.717) is 10.7 Å². The Bertz CT molecular complexity index is 593. The number of allylic oxidation sites excluding steroid dienone is 3. The summed E-state index contributed by atoms with van der Waals surface area (Å²) in [5.41, 5.74) is 0.0180. The largest absolute Gasteiger partial charge is 0.478 e. The number of carboxylic acid groups (broad SMARTS) is 1. The molecule has 0 radical (unpaired) electrons. The molecule has 0 aromatic carbocycles. The Morgan fingerprint density at radius 3 is 2.72 bits per heavy atom. The van der Waals surface area contributed by atoms with Gasteiger partial charge >= 0.3 is 5.97 Å². The van der Waals surface area contributed by atoms with Crippen molar-refractivity contribution < 1.29 is 14.7 Å². The summed E-state index contributed by atoms with van der Waals surface area (Å²) in [6.07, 6.45) is 5.67. The van der Waals surface area contributed by atoms with Gasteiger partial charge in [-0.15, -0.1) is 0 Å². The van der Waals surface area contributed by atoms with Crippen LogP contribution in [0.15, 0.2) is 36.1 Å². The molecule has 0 amide bonds. The van der Waals surface area contributed by atoms with Crippen LogP contribution in [-0.4, -0.2) is 21.8 Å². The molecule has 1 aliphatic rings. The van der Waals surface area contributed by atoms with Gasteiger partial charge < -0.3 is 5.11 Å². The lowest BCUT2D eigenvalue weighted by Gasteiger charge is -2.15. The number of aromatic nitrogens is 1. The lowest BCUT2D eigenvalue weighted by molar-refractivity contribution is -0.134. The van der Waals surface area contributed by atoms with E-state index in [1.54, 1.807) is 6.08 Å². The molecule has 1 N–H and O–H groups in total. The summed E-state index contributed by atoms with van der Waals surface area (Å²) in [6, 6.07) is 1.46. The highest BCUT2D eigenvalue weighted by Gasteiger charge is 2.30. The fourth-order valence-electron chi connectivity index (χ4n) is 1.65. The van der Waals surface area contributed by atoms with Crippen molar-refractivity contribution in [2.45, 2.75) is 5.92 Å². The summed E-state index contributed by atoms with van der Waals surface area (Å²) < 4.78 is 0. The standard InChI is InChI=1S/C12H7Cl2NO3/c13-6-4-9(14)10(15-5-6)7-2-1-3-8(11(7)16)12(17)18/h1-5,7H,(H,17,18). The third kappa shape index (κ3) is 2.30. The maximum atomic E-state index is 12.0. The molecule has 1 unspecified atom stereocenters. The molecule has 1 heterocycles. The van der Waals surface area contributed by atoms with Gasteiger partial charge in [-0.25, -0.2) is 4.79 Å². The Hall–Kier alpha value is -1.65. The van der Waals surface area contributed by atoms with Crippen molar-refractivity contribution in [1.82, 2.24) is 4.98 Å². The Morgan fingerprint density at radius 2 is 2.11 bits per heavy atom. The average molecular weight is 284 g/mol. The molecule has 18 heavy (non-hydrogen) atoms. The Balaban J connectivity index is 2.42. The normalized spacial score (nSPS) is 18.7. The van der Waals surface area contributed by atoms with E-state index in [-0.39, 0.29) is 10.6 Å². The number of pyridine rings is 1. The van der Waals surface area contributed by atoms with E-state index < -0.39 is 17.7 Å². The van der Waals surface area contributed by atoms with Gasteiger partial charge in [0.05, 0.1) is 21.7 Å². The SMILES string of the molecule is O=C(O)C1=CC=CC(c2ncc(Cl)cc2Cl)C1=O. The molecule has 92 valence electrons. The molecular formula is C12H7Cl2NO3. The average Bonchev–Trinajstić information content (AvgIpc) is 2.30. The first-order chi connectivity index (χ1) is 8.50. The number of hydrogen-bond donors (Lipinski definition) is 1. The highest BCUT2D eigenvalue weighted by Crippen LogP contribution is 2.30. The van der Waals surface area contributed by atoms with Crippen LogP contribution in [0.4, 0.5) is 0 Å². The molecule has 0 saturated heterocycles. The number of nitrogens with zero attached hydrogens (tertiary/aromatic N) is 1. The highest BCUT2D eigenvalue weighted by atomic mass is 35.5. The van der Waals surface area contributed by atoms with E-state index in [9.17, 15) is 9.59 Å². The predicted molar refractivity (Wildman–Crippen MR) is 66.9 cm³/mol. The van der Waals surface area contributed by atoms with Crippen molar-refractivity contribution in [2.75, 3.05) is 0 Å². The number of rotatable bonds is 2. The molecular weight excluding hydrogens is 277 g/mol. The number of ketones is 1. The van der Waals surface area contributed by atoms with Gasteiger partial charge in [0.25, 0.3) is 0 Å². The first kappa shape index (κ1) is 12.8. The summed E-state index contributed by atoms with van der Waals surface area (Å²) in [5, 5.41) is 9.47. The van der Waals surface area contributed by atoms with E-state index in [1.165, 1.54) is 24.4 Å². The van der Waals surface area contributed by atoms with Gasteiger partial charge in [-0.2, -0.15) is 0 Å². The maximum absolute atomic E-state index is 12.0. The smallest absolute Gasteiger partial charge is 0.339 e. The second kappa shape index (κ2) is 4.92. The predicted octanol–water partition coefficient (Wildman–Crippen LogP) is 2.62. The summed E-state index contributed by atoms with van der Waals surface area (Å²) in [7, 11) is 0. The molecule has 1 aliphatic carbocycles. The third-order valence-electron chi connectivity index (χ3n) is 2.48. The fraction of sp³-hybridized carbons (Fsp3) is 0.0833. The van der Waals surface area contributed by atoms with Gasteiger partial charge in [0.1, 0.15) is 5.57 Å². The zero-order valence-electron chi connectivity index (χ0n) is 8.93. The van der Waals surface area contributed by atoms with E-state index >= 15 is 0 Å². The third-order valence-corrected chi connectivity index (χ3v) is 2.99. The first-order valence-corrected chi connectivity index (χ1v) is 5.73. The van der Waals surface area contributed by atoms with Crippen LogP contribution < -0.4 is 0 Å². The minimum absolute atomic E-state index is 0.233. The number of carbonyl (C=O) groups excluding carboxylic acids is 1. The van der Waals surface area contributed by atoms with Crippen LogP contribution in [0.25, 0.3) is 0 Å². The van der Waals surface area contributed by atoms with Gasteiger partial charge in [0.15, 0.2) is 5.78 Å². The fourth-order valence-corrected chi connectivity index (χ4v) is 2.14. The number of halogens is 2. The van der Waals surface area contributed by atoms with Gasteiger partial charge in [-0.1, -0.05) is 35.4 Å². The molecule has 0 fully saturated rings. The van der Waals surface area contributed by atoms with E-state index in [2.05, 4.69) is 4.98 Å². The molecule has 4 nitrogen and oxygen atoms in total. The minimum atomic E-state index is -1.26. The summed E-state index contributed by atoms with van der Waals surface area (Å²) >= 11 is 11.7. The second-order valence-electron chi connectivity index (χ2n) is 3.63. The van der Waals surface area contributed by atoms with Crippen LogP contribution in [-0.2, 0) is 9.59 Å². The van der Waals surface area contributed by atoms with E-state index in [0.717, 1.165) is 0 Å². The summed E-state index contributed by atoms with van der Waals surface area (Å²) in [4.78, 5) is 26.8. The number of carboxylic acids is 1. The Morgan fingerprint density at radius 1 is 1.39 bits per heavy atom. The molecule has 6 heteroatoms. The number of Topliss-reactive ketones (excluding diaryl/α,β-unsaturated/α-hetero) is 1. The Labute approximate surface area is 113 Å². The number of aliphatic carboxylic acids is 1. The van der Waals surface area contributed by atoms with Crippen LogP contribution in [0.1, 0.15) is 11.6 Å². The lowest BCUT2D eigenvalue weighted by atomic mass is 9.90. The maximum Gasteiger partial charge on any atom is 0.339 e. The molecule has 0 spiro atoms. The molecule has 1 aromatic rings. The van der Waals surface area contributed by atoms with Crippen LogP contribution in [0.5, 0.6) is 0 Å². The molecule has 1 aromatic heterocycles. The number of hydrogen-bond acceptors (Lipinski definition) is 3. The first-order valence-electron chi connectivity index (χ1n) is 4.97. The van der Waals surface area contributed by atoms with E-state index in [1.807, 2.05) is 0 Å². The van der Waals surface area contributed by atoms with Gasteiger partial charge in [0, 0.05) is 6.20 Å². The summed E-state index contributed by atoms with van der Waals surface area (Å²) in [5.74, 6) is -2.59. The Kier molecular flexibility index (Phi) is 3.50. The second-order valence-corrected chi connectivity index (χ2v) is 4.48. The van der Waals surface area contributed by atoms with Crippen molar-refractivity contribution in [3.05, 3.63) is 51.8 Å². The number of carbonyl (C=O) groups is 2. The van der Waals surface area contributed by atoms with Crippen molar-refractivity contribution in [1.29, 1.82) is 0 Å². The van der Waals surface area contributed by atoms with Gasteiger partial charge in [-0.05, 0) is 12.1 Å². The van der Waals surface area contributed by atoms with Crippen molar-refractivity contribution in [3.63, 3.8) is 0 Å².